The number of aryl methyl sites for hydroxylation is 1. The zero-order chi connectivity index (χ0) is 11.5. The molecule has 15 heavy (non-hydrogen) atoms. The largest absolute Gasteiger partial charge is 0.481 e. The summed E-state index contributed by atoms with van der Waals surface area (Å²) < 4.78 is 40.4. The topological polar surface area (TPSA) is 72.8 Å². The van der Waals surface area contributed by atoms with Gasteiger partial charge in [-0.1, -0.05) is 11.3 Å². The second-order valence-corrected chi connectivity index (χ2v) is 5.52. The zero-order valence-corrected chi connectivity index (χ0v) is 10.0. The molecule has 0 radical (unpaired) electrons. The average molecular weight is 252 g/mol. The van der Waals surface area contributed by atoms with Crippen LogP contribution in [0.1, 0.15) is 5.56 Å². The molecule has 0 aliphatic rings. The maximum Gasteiger partial charge on any atom is 0.304 e. The lowest BCUT2D eigenvalue weighted by Crippen LogP contribution is -2.03. The fourth-order valence-corrected chi connectivity index (χ4v) is 2.68. The Morgan fingerprint density at radius 1 is 1.47 bits per heavy atom. The smallest absolute Gasteiger partial charge is 0.304 e. The molecule has 0 aliphatic heterocycles. The van der Waals surface area contributed by atoms with Crippen molar-refractivity contribution in [3.63, 3.8) is 0 Å². The van der Waals surface area contributed by atoms with Crippen molar-refractivity contribution in [2.45, 2.75) is 11.1 Å². The Balaban J connectivity index is 2.78. The number of hydrogen-bond acceptors (Lipinski definition) is 5. The minimum absolute atomic E-state index is 0.104. The molecule has 5 nitrogen and oxygen atoms in total. The standard InChI is InChI=1S/C8H12O5S2/c1-6-5-7(15(9,10)11)14-8(6)13-4-3-12-2/h5H,3-4H2,1-2H3,(H,9,10,11). The Kier molecular flexibility index (Phi) is 4.09. The van der Waals surface area contributed by atoms with E-state index in [9.17, 15) is 8.42 Å². The van der Waals surface area contributed by atoms with Gasteiger partial charge < -0.3 is 9.47 Å². The van der Waals surface area contributed by atoms with E-state index in [2.05, 4.69) is 0 Å². The van der Waals surface area contributed by atoms with Gasteiger partial charge in [-0.25, -0.2) is 0 Å². The van der Waals surface area contributed by atoms with Crippen LogP contribution >= 0.6 is 11.3 Å². The van der Waals surface area contributed by atoms with Crippen molar-refractivity contribution >= 4 is 21.5 Å². The number of rotatable bonds is 5. The maximum absolute atomic E-state index is 10.8. The second kappa shape index (κ2) is 4.93. The molecule has 0 bridgehead atoms. The maximum atomic E-state index is 10.8. The lowest BCUT2D eigenvalue weighted by molar-refractivity contribution is 0.148. The average Bonchev–Trinajstić information content (AvgIpc) is 2.48. The summed E-state index contributed by atoms with van der Waals surface area (Å²) in [6, 6.07) is 1.38. The lowest BCUT2D eigenvalue weighted by Gasteiger charge is -2.02. The highest BCUT2D eigenvalue weighted by Crippen LogP contribution is 2.32. The molecular formula is C8H12O5S2. The number of ether oxygens (including phenoxy) is 2. The summed E-state index contributed by atoms with van der Waals surface area (Å²) >= 11 is 0.901. The van der Waals surface area contributed by atoms with Gasteiger partial charge in [0.15, 0.2) is 9.27 Å². The molecule has 1 aromatic heterocycles. The predicted octanol–water partition coefficient (Wildman–Crippen LogP) is 1.33. The van der Waals surface area contributed by atoms with Crippen LogP contribution in [0.2, 0.25) is 0 Å². The minimum atomic E-state index is -4.13. The van der Waals surface area contributed by atoms with E-state index >= 15 is 0 Å². The van der Waals surface area contributed by atoms with E-state index in [4.69, 9.17) is 14.0 Å². The van der Waals surface area contributed by atoms with Crippen LogP contribution in [-0.4, -0.2) is 33.3 Å². The van der Waals surface area contributed by atoms with Gasteiger partial charge in [-0.2, -0.15) is 8.42 Å². The van der Waals surface area contributed by atoms with Crippen LogP contribution in [0.5, 0.6) is 5.06 Å². The number of thiophene rings is 1. The first kappa shape index (κ1) is 12.4. The van der Waals surface area contributed by atoms with Crippen LogP contribution in [-0.2, 0) is 14.9 Å². The normalized spacial score (nSPS) is 11.7. The molecule has 86 valence electrons. The molecule has 1 heterocycles. The van der Waals surface area contributed by atoms with Gasteiger partial charge in [0.2, 0.25) is 0 Å². The second-order valence-electron chi connectivity index (χ2n) is 2.85. The summed E-state index contributed by atoms with van der Waals surface area (Å²) in [6.07, 6.45) is 0. The van der Waals surface area contributed by atoms with Gasteiger partial charge in [0.1, 0.15) is 6.61 Å². The van der Waals surface area contributed by atoms with Crippen molar-refractivity contribution in [3.8, 4) is 5.06 Å². The van der Waals surface area contributed by atoms with Gasteiger partial charge in [0, 0.05) is 12.7 Å². The van der Waals surface area contributed by atoms with Gasteiger partial charge in [-0.05, 0) is 13.0 Å². The van der Waals surface area contributed by atoms with E-state index < -0.39 is 10.1 Å². The Morgan fingerprint density at radius 3 is 2.60 bits per heavy atom. The van der Waals surface area contributed by atoms with Crippen LogP contribution < -0.4 is 4.74 Å². The van der Waals surface area contributed by atoms with Crippen LogP contribution in [0.25, 0.3) is 0 Å². The summed E-state index contributed by atoms with van der Waals surface area (Å²) in [5, 5.41) is 0.486. The van der Waals surface area contributed by atoms with Crippen molar-refractivity contribution in [2.24, 2.45) is 0 Å². The first-order valence-electron chi connectivity index (χ1n) is 4.15. The third-order valence-electron chi connectivity index (χ3n) is 1.62. The number of methoxy groups -OCH3 is 1. The van der Waals surface area contributed by atoms with E-state index in [0.29, 0.717) is 23.8 Å². The fourth-order valence-electron chi connectivity index (χ4n) is 0.925. The van der Waals surface area contributed by atoms with Crippen molar-refractivity contribution < 1.29 is 22.4 Å². The van der Waals surface area contributed by atoms with Gasteiger partial charge in [-0.3, -0.25) is 4.55 Å². The Morgan fingerprint density at radius 2 is 2.13 bits per heavy atom. The third-order valence-corrected chi connectivity index (χ3v) is 4.08. The van der Waals surface area contributed by atoms with Gasteiger partial charge >= 0.3 is 10.1 Å². The quantitative estimate of drug-likeness (QED) is 0.632. The van der Waals surface area contributed by atoms with E-state index in [1.165, 1.54) is 6.07 Å². The summed E-state index contributed by atoms with van der Waals surface area (Å²) in [6.45, 7) is 2.49. The van der Waals surface area contributed by atoms with Crippen LogP contribution in [0.15, 0.2) is 10.3 Å². The fraction of sp³-hybridized carbons (Fsp3) is 0.500. The highest BCUT2D eigenvalue weighted by Gasteiger charge is 2.16. The van der Waals surface area contributed by atoms with E-state index in [1.54, 1.807) is 14.0 Å². The zero-order valence-electron chi connectivity index (χ0n) is 8.39. The lowest BCUT2D eigenvalue weighted by atomic mass is 10.4. The molecule has 0 spiro atoms. The summed E-state index contributed by atoms with van der Waals surface area (Å²) in [5.74, 6) is 0. The monoisotopic (exact) mass is 252 g/mol. The molecule has 0 fully saturated rings. The van der Waals surface area contributed by atoms with E-state index in [1.807, 2.05) is 0 Å². The van der Waals surface area contributed by atoms with E-state index in [0.717, 1.165) is 11.3 Å². The SMILES string of the molecule is COCCOc1sc(S(=O)(=O)O)cc1C. The van der Waals surface area contributed by atoms with Crippen LogP contribution in [0.3, 0.4) is 0 Å². The molecule has 1 N–H and O–H groups in total. The third kappa shape index (κ3) is 3.45. The molecule has 1 aromatic rings. The molecule has 0 saturated carbocycles. The molecule has 0 atom stereocenters. The molecule has 0 aromatic carbocycles. The van der Waals surface area contributed by atoms with Crippen molar-refractivity contribution in [2.75, 3.05) is 20.3 Å². The first-order chi connectivity index (χ1) is 6.95. The molecule has 0 saturated heterocycles. The van der Waals surface area contributed by atoms with Gasteiger partial charge in [0.05, 0.1) is 6.61 Å². The predicted molar refractivity (Wildman–Crippen MR) is 56.2 cm³/mol. The Labute approximate surface area is 92.4 Å². The molecule has 7 heteroatoms. The number of hydrogen-bond donors (Lipinski definition) is 1. The molecular weight excluding hydrogens is 240 g/mol. The Bertz CT molecular complexity index is 420. The molecule has 0 amide bonds. The van der Waals surface area contributed by atoms with Crippen molar-refractivity contribution in [3.05, 3.63) is 11.6 Å². The van der Waals surface area contributed by atoms with Gasteiger partial charge in [-0.15, -0.1) is 0 Å². The first-order valence-corrected chi connectivity index (χ1v) is 6.40. The summed E-state index contributed by atoms with van der Waals surface area (Å²) in [7, 11) is -2.58. The molecule has 1 rings (SSSR count). The summed E-state index contributed by atoms with van der Waals surface area (Å²) in [5.41, 5.74) is 0.684. The summed E-state index contributed by atoms with van der Waals surface area (Å²) in [4.78, 5) is 0. The highest BCUT2D eigenvalue weighted by molar-refractivity contribution is 7.88. The van der Waals surface area contributed by atoms with E-state index in [-0.39, 0.29) is 4.21 Å². The minimum Gasteiger partial charge on any atom is -0.481 e. The van der Waals surface area contributed by atoms with Crippen molar-refractivity contribution in [1.82, 2.24) is 0 Å². The van der Waals surface area contributed by atoms with Crippen molar-refractivity contribution in [1.29, 1.82) is 0 Å². The van der Waals surface area contributed by atoms with Crippen LogP contribution in [0.4, 0.5) is 0 Å². The molecule has 0 unspecified atom stereocenters. The van der Waals surface area contributed by atoms with Crippen LogP contribution in [0, 0.1) is 6.92 Å². The Hall–Kier alpha value is -0.630. The van der Waals surface area contributed by atoms with Gasteiger partial charge in [0.25, 0.3) is 0 Å². The molecule has 0 aliphatic carbocycles. The highest BCUT2D eigenvalue weighted by atomic mass is 32.3.